The molecule has 3 aromatic rings. The standard InChI is InChI=1S/C17H14BrClN4OS/c18-12-4-6-16(7-5-12)24-11-23-10-15(9-20-23)22-17(25)21-14-3-1-2-13(19)8-14/h1-10H,11H2,(H2,21,22,25). The Bertz CT molecular complexity index is 869. The Balaban J connectivity index is 1.52. The summed E-state index contributed by atoms with van der Waals surface area (Å²) in [6.45, 7) is 0.303. The number of anilines is 2. The Morgan fingerprint density at radius 3 is 2.68 bits per heavy atom. The zero-order chi connectivity index (χ0) is 17.6. The van der Waals surface area contributed by atoms with Gasteiger partial charge in [0.15, 0.2) is 11.8 Å². The highest BCUT2D eigenvalue weighted by Gasteiger charge is 2.03. The first kappa shape index (κ1) is 17.7. The number of nitrogens with one attached hydrogen (secondary N) is 2. The maximum atomic E-state index is 5.95. The molecule has 8 heteroatoms. The molecule has 0 unspecified atom stereocenters. The lowest BCUT2D eigenvalue weighted by molar-refractivity contribution is 0.221. The molecule has 2 N–H and O–H groups in total. The van der Waals surface area contributed by atoms with Crippen LogP contribution >= 0.6 is 39.7 Å². The lowest BCUT2D eigenvalue weighted by atomic mass is 10.3. The molecule has 0 aliphatic heterocycles. The molecule has 3 rings (SSSR count). The molecular formula is C17H14BrClN4OS. The van der Waals surface area contributed by atoms with Gasteiger partial charge in [-0.15, -0.1) is 0 Å². The smallest absolute Gasteiger partial charge is 0.180 e. The van der Waals surface area contributed by atoms with Gasteiger partial charge in [0, 0.05) is 15.2 Å². The van der Waals surface area contributed by atoms with Gasteiger partial charge in [-0.1, -0.05) is 33.6 Å². The highest BCUT2D eigenvalue weighted by Crippen LogP contribution is 2.17. The van der Waals surface area contributed by atoms with Crippen LogP contribution in [-0.2, 0) is 6.73 Å². The molecule has 0 amide bonds. The lowest BCUT2D eigenvalue weighted by Gasteiger charge is -2.09. The summed E-state index contributed by atoms with van der Waals surface area (Å²) < 4.78 is 8.34. The van der Waals surface area contributed by atoms with Crippen LogP contribution in [0.5, 0.6) is 5.75 Å². The van der Waals surface area contributed by atoms with Crippen molar-refractivity contribution < 1.29 is 4.74 Å². The van der Waals surface area contributed by atoms with E-state index < -0.39 is 0 Å². The van der Waals surface area contributed by atoms with Crippen molar-refractivity contribution in [2.75, 3.05) is 10.6 Å². The molecule has 0 atom stereocenters. The highest BCUT2D eigenvalue weighted by molar-refractivity contribution is 9.10. The van der Waals surface area contributed by atoms with Gasteiger partial charge >= 0.3 is 0 Å². The van der Waals surface area contributed by atoms with Crippen molar-refractivity contribution in [2.24, 2.45) is 0 Å². The highest BCUT2D eigenvalue weighted by atomic mass is 79.9. The summed E-state index contributed by atoms with van der Waals surface area (Å²) in [5.74, 6) is 0.770. The fraction of sp³-hybridized carbons (Fsp3) is 0.0588. The Morgan fingerprint density at radius 2 is 1.92 bits per heavy atom. The van der Waals surface area contributed by atoms with Crippen molar-refractivity contribution in [3.05, 3.63) is 70.4 Å². The molecule has 0 aliphatic carbocycles. The van der Waals surface area contributed by atoms with Crippen LogP contribution in [0.1, 0.15) is 0 Å². The van der Waals surface area contributed by atoms with Crippen molar-refractivity contribution in [3.8, 4) is 5.75 Å². The molecule has 1 heterocycles. The molecule has 0 saturated carbocycles. The first-order valence-corrected chi connectivity index (χ1v) is 8.91. The number of rotatable bonds is 5. The zero-order valence-electron chi connectivity index (χ0n) is 12.9. The second-order valence-electron chi connectivity index (χ2n) is 5.09. The molecule has 0 radical (unpaired) electrons. The average molecular weight is 438 g/mol. The summed E-state index contributed by atoms with van der Waals surface area (Å²) in [6, 6.07) is 15.0. The number of benzene rings is 2. The van der Waals surface area contributed by atoms with Gasteiger partial charge in [0.1, 0.15) is 5.75 Å². The van der Waals surface area contributed by atoms with Gasteiger partial charge in [-0.2, -0.15) is 5.10 Å². The second-order valence-corrected chi connectivity index (χ2v) is 6.85. The largest absolute Gasteiger partial charge is 0.471 e. The second kappa shape index (κ2) is 8.33. The first-order valence-electron chi connectivity index (χ1n) is 7.33. The summed E-state index contributed by atoms with van der Waals surface area (Å²) in [4.78, 5) is 0. The van der Waals surface area contributed by atoms with Crippen LogP contribution in [0.15, 0.2) is 65.4 Å². The summed E-state index contributed by atoms with van der Waals surface area (Å²) in [6.07, 6.45) is 3.49. The molecular weight excluding hydrogens is 424 g/mol. The number of ether oxygens (including phenoxy) is 1. The van der Waals surface area contributed by atoms with Gasteiger partial charge in [0.05, 0.1) is 18.1 Å². The fourth-order valence-corrected chi connectivity index (χ4v) is 2.72. The van der Waals surface area contributed by atoms with Crippen molar-refractivity contribution in [1.82, 2.24) is 9.78 Å². The monoisotopic (exact) mass is 436 g/mol. The first-order chi connectivity index (χ1) is 12.1. The van der Waals surface area contributed by atoms with E-state index in [0.717, 1.165) is 21.6 Å². The zero-order valence-corrected chi connectivity index (χ0v) is 16.1. The minimum atomic E-state index is 0.303. The average Bonchev–Trinajstić information content (AvgIpc) is 3.01. The number of halogens is 2. The Labute approximate surface area is 164 Å². The summed E-state index contributed by atoms with van der Waals surface area (Å²) in [7, 11) is 0. The molecule has 0 saturated heterocycles. The van der Waals surface area contributed by atoms with E-state index in [-0.39, 0.29) is 0 Å². The molecule has 0 spiro atoms. The van der Waals surface area contributed by atoms with Crippen molar-refractivity contribution in [3.63, 3.8) is 0 Å². The number of nitrogens with zero attached hydrogens (tertiary/aromatic N) is 2. The van der Waals surface area contributed by atoms with E-state index in [1.165, 1.54) is 0 Å². The lowest BCUT2D eigenvalue weighted by Crippen LogP contribution is -2.18. The minimum absolute atomic E-state index is 0.303. The van der Waals surface area contributed by atoms with Gasteiger partial charge in [0.2, 0.25) is 0 Å². The maximum Gasteiger partial charge on any atom is 0.180 e. The molecule has 5 nitrogen and oxygen atoms in total. The van der Waals surface area contributed by atoms with Crippen LogP contribution in [0, 0.1) is 0 Å². The van der Waals surface area contributed by atoms with Crippen molar-refractivity contribution in [1.29, 1.82) is 0 Å². The quantitative estimate of drug-likeness (QED) is 0.541. The van der Waals surface area contributed by atoms with Gasteiger partial charge in [-0.25, -0.2) is 4.68 Å². The third-order valence-electron chi connectivity index (χ3n) is 3.15. The molecule has 1 aromatic heterocycles. The van der Waals surface area contributed by atoms with E-state index >= 15 is 0 Å². The van der Waals surface area contributed by atoms with Crippen LogP contribution in [-0.4, -0.2) is 14.9 Å². The predicted molar refractivity (Wildman–Crippen MR) is 108 cm³/mol. The Kier molecular flexibility index (Phi) is 5.91. The van der Waals surface area contributed by atoms with Gasteiger partial charge in [-0.3, -0.25) is 0 Å². The Morgan fingerprint density at radius 1 is 1.16 bits per heavy atom. The summed E-state index contributed by atoms with van der Waals surface area (Å²) >= 11 is 14.6. The van der Waals surface area contributed by atoms with Gasteiger partial charge < -0.3 is 15.4 Å². The molecule has 128 valence electrons. The van der Waals surface area contributed by atoms with E-state index in [1.54, 1.807) is 23.0 Å². The molecule has 2 aromatic carbocycles. The maximum absolute atomic E-state index is 5.95. The topological polar surface area (TPSA) is 51.1 Å². The SMILES string of the molecule is S=C(Nc1cccc(Cl)c1)Nc1cnn(COc2ccc(Br)cc2)c1. The molecule has 0 bridgehead atoms. The predicted octanol–water partition coefficient (Wildman–Crippen LogP) is 5.14. The van der Waals surface area contributed by atoms with Crippen LogP contribution < -0.4 is 15.4 Å². The molecule has 0 fully saturated rings. The Hall–Kier alpha value is -2.09. The molecule has 25 heavy (non-hydrogen) atoms. The van der Waals surface area contributed by atoms with Crippen LogP contribution in [0.2, 0.25) is 5.02 Å². The fourth-order valence-electron chi connectivity index (χ4n) is 2.03. The van der Waals surface area contributed by atoms with E-state index in [4.69, 9.17) is 28.6 Å². The van der Waals surface area contributed by atoms with Crippen molar-refractivity contribution in [2.45, 2.75) is 6.73 Å². The number of hydrogen-bond donors (Lipinski definition) is 2. The van der Waals surface area contributed by atoms with Crippen LogP contribution in [0.25, 0.3) is 0 Å². The van der Waals surface area contributed by atoms with Crippen molar-refractivity contribution >= 4 is 56.2 Å². The number of thiocarbonyl (C=S) groups is 1. The summed E-state index contributed by atoms with van der Waals surface area (Å²) in [5, 5.41) is 11.5. The van der Waals surface area contributed by atoms with E-state index in [0.29, 0.717) is 16.9 Å². The third kappa shape index (κ3) is 5.45. The van der Waals surface area contributed by atoms with E-state index in [1.807, 2.05) is 42.6 Å². The third-order valence-corrected chi connectivity index (χ3v) is 4.12. The number of aromatic nitrogens is 2. The van der Waals surface area contributed by atoms with E-state index in [9.17, 15) is 0 Å². The number of hydrogen-bond acceptors (Lipinski definition) is 3. The minimum Gasteiger partial charge on any atom is -0.471 e. The van der Waals surface area contributed by atoms with Gasteiger partial charge in [0.25, 0.3) is 0 Å². The van der Waals surface area contributed by atoms with E-state index in [2.05, 4.69) is 31.7 Å². The summed E-state index contributed by atoms with van der Waals surface area (Å²) in [5.41, 5.74) is 1.58. The van der Waals surface area contributed by atoms with Gasteiger partial charge in [-0.05, 0) is 54.7 Å². The normalized spacial score (nSPS) is 10.3. The molecule has 0 aliphatic rings. The van der Waals surface area contributed by atoms with Crippen LogP contribution in [0.4, 0.5) is 11.4 Å². The van der Waals surface area contributed by atoms with Crippen LogP contribution in [0.3, 0.4) is 0 Å².